The zero-order valence-electron chi connectivity index (χ0n) is 11.8. The molecule has 1 atom stereocenters. The predicted octanol–water partition coefficient (Wildman–Crippen LogP) is 3.41. The van der Waals surface area contributed by atoms with Crippen LogP contribution < -0.4 is 5.32 Å². The molecule has 1 aromatic carbocycles. The first-order valence-electron chi connectivity index (χ1n) is 7.19. The van der Waals surface area contributed by atoms with Crippen molar-refractivity contribution in [3.05, 3.63) is 35.9 Å². The first kappa shape index (κ1) is 15.2. The molecule has 0 spiro atoms. The minimum atomic E-state index is 0.301. The number of benzene rings is 1. The molecule has 0 radical (unpaired) electrons. The van der Waals surface area contributed by atoms with Crippen LogP contribution in [0, 0.1) is 0 Å². The number of unbranched alkanes of at least 4 members (excludes halogenated alkanes) is 2. The van der Waals surface area contributed by atoms with Gasteiger partial charge in [0.05, 0.1) is 12.7 Å². The van der Waals surface area contributed by atoms with Gasteiger partial charge in [0, 0.05) is 6.54 Å². The van der Waals surface area contributed by atoms with Gasteiger partial charge in [-0.05, 0) is 31.9 Å². The minimum Gasteiger partial charge on any atom is -0.377 e. The van der Waals surface area contributed by atoms with Gasteiger partial charge in [-0.2, -0.15) is 0 Å². The average molecular weight is 249 g/mol. The summed E-state index contributed by atoms with van der Waals surface area (Å²) in [5, 5.41) is 3.44. The van der Waals surface area contributed by atoms with Crippen molar-refractivity contribution in [3.63, 3.8) is 0 Å². The van der Waals surface area contributed by atoms with E-state index in [4.69, 9.17) is 4.74 Å². The number of rotatable bonds is 10. The van der Waals surface area contributed by atoms with Crippen LogP contribution in [0.1, 0.15) is 38.7 Å². The van der Waals surface area contributed by atoms with Gasteiger partial charge in [-0.3, -0.25) is 0 Å². The van der Waals surface area contributed by atoms with Gasteiger partial charge in [0.1, 0.15) is 0 Å². The number of hydrogen-bond acceptors (Lipinski definition) is 2. The zero-order chi connectivity index (χ0) is 13.1. The van der Waals surface area contributed by atoms with Crippen LogP contribution in [-0.2, 0) is 11.2 Å². The van der Waals surface area contributed by atoms with Crippen LogP contribution in [0.2, 0.25) is 0 Å². The number of ether oxygens (including phenoxy) is 1. The lowest BCUT2D eigenvalue weighted by molar-refractivity contribution is 0.0682. The second-order valence-electron chi connectivity index (χ2n) is 4.83. The van der Waals surface area contributed by atoms with E-state index in [1.54, 1.807) is 0 Å². The topological polar surface area (TPSA) is 21.3 Å². The van der Waals surface area contributed by atoms with Crippen molar-refractivity contribution in [2.75, 3.05) is 19.7 Å². The molecule has 0 saturated heterocycles. The Balaban J connectivity index is 1.98. The normalized spacial score (nSPS) is 12.6. The fourth-order valence-corrected chi connectivity index (χ4v) is 1.89. The molecule has 18 heavy (non-hydrogen) atoms. The van der Waals surface area contributed by atoms with E-state index in [-0.39, 0.29) is 0 Å². The minimum absolute atomic E-state index is 0.301. The van der Waals surface area contributed by atoms with Crippen LogP contribution in [0.4, 0.5) is 0 Å². The van der Waals surface area contributed by atoms with Crippen molar-refractivity contribution < 1.29 is 4.74 Å². The predicted molar refractivity (Wildman–Crippen MR) is 78.0 cm³/mol. The largest absolute Gasteiger partial charge is 0.377 e. The van der Waals surface area contributed by atoms with Crippen LogP contribution in [-0.4, -0.2) is 25.8 Å². The average Bonchev–Trinajstić information content (AvgIpc) is 2.40. The van der Waals surface area contributed by atoms with E-state index >= 15 is 0 Å². The fraction of sp³-hybridized carbons (Fsp3) is 0.625. The van der Waals surface area contributed by atoms with E-state index in [9.17, 15) is 0 Å². The Labute approximate surface area is 112 Å². The van der Waals surface area contributed by atoms with Crippen molar-refractivity contribution in [2.24, 2.45) is 0 Å². The molecule has 2 nitrogen and oxygen atoms in total. The third-order valence-electron chi connectivity index (χ3n) is 3.02. The highest BCUT2D eigenvalue weighted by atomic mass is 16.5. The van der Waals surface area contributed by atoms with Gasteiger partial charge in [0.15, 0.2) is 0 Å². The van der Waals surface area contributed by atoms with Crippen molar-refractivity contribution in [1.29, 1.82) is 0 Å². The van der Waals surface area contributed by atoms with Gasteiger partial charge in [-0.25, -0.2) is 0 Å². The van der Waals surface area contributed by atoms with Crippen LogP contribution in [0.5, 0.6) is 0 Å². The van der Waals surface area contributed by atoms with Gasteiger partial charge in [0.2, 0.25) is 0 Å². The molecule has 0 aliphatic heterocycles. The van der Waals surface area contributed by atoms with Crippen LogP contribution in [0.25, 0.3) is 0 Å². The molecule has 0 amide bonds. The molecule has 1 aromatic rings. The summed E-state index contributed by atoms with van der Waals surface area (Å²) < 4.78 is 5.79. The summed E-state index contributed by atoms with van der Waals surface area (Å²) in [7, 11) is 0. The quantitative estimate of drug-likeness (QED) is 0.642. The molecule has 1 N–H and O–H groups in total. The molecule has 2 heteroatoms. The summed E-state index contributed by atoms with van der Waals surface area (Å²) in [5.74, 6) is 0. The van der Waals surface area contributed by atoms with Crippen molar-refractivity contribution in [3.8, 4) is 0 Å². The monoisotopic (exact) mass is 249 g/mol. The lowest BCUT2D eigenvalue weighted by atomic mass is 10.2. The third kappa shape index (κ3) is 7.46. The standard InChI is InChI=1S/C16H27NO/c1-3-4-8-12-17-14-15(2)18-13-11-16-9-6-5-7-10-16/h5-7,9-10,15,17H,3-4,8,11-14H2,1-2H3. The van der Waals surface area contributed by atoms with Crippen molar-refractivity contribution in [2.45, 2.75) is 45.6 Å². The molecule has 1 unspecified atom stereocenters. The molecule has 0 heterocycles. The molecular formula is C16H27NO. The van der Waals surface area contributed by atoms with Crippen molar-refractivity contribution in [1.82, 2.24) is 5.32 Å². The molecule has 0 aliphatic carbocycles. The van der Waals surface area contributed by atoms with Crippen LogP contribution in [0.15, 0.2) is 30.3 Å². The molecule has 0 aliphatic rings. The van der Waals surface area contributed by atoms with E-state index < -0.39 is 0 Å². The maximum atomic E-state index is 5.79. The smallest absolute Gasteiger partial charge is 0.0671 e. The Morgan fingerprint density at radius 3 is 2.67 bits per heavy atom. The first-order chi connectivity index (χ1) is 8.83. The van der Waals surface area contributed by atoms with E-state index in [1.165, 1.54) is 24.8 Å². The molecule has 0 aromatic heterocycles. The number of nitrogens with one attached hydrogen (secondary N) is 1. The SMILES string of the molecule is CCCCCNCC(C)OCCc1ccccc1. The Bertz CT molecular complexity index is 286. The zero-order valence-corrected chi connectivity index (χ0v) is 11.8. The summed E-state index contributed by atoms with van der Waals surface area (Å²) in [6, 6.07) is 10.5. The van der Waals surface area contributed by atoms with Gasteiger partial charge in [0.25, 0.3) is 0 Å². The summed E-state index contributed by atoms with van der Waals surface area (Å²) in [6.45, 7) is 7.24. The third-order valence-corrected chi connectivity index (χ3v) is 3.02. The molecule has 0 fully saturated rings. The molecule has 0 saturated carbocycles. The van der Waals surface area contributed by atoms with E-state index in [2.05, 4.69) is 43.4 Å². The van der Waals surface area contributed by atoms with Gasteiger partial charge in [-0.15, -0.1) is 0 Å². The van der Waals surface area contributed by atoms with Crippen molar-refractivity contribution >= 4 is 0 Å². The maximum Gasteiger partial charge on any atom is 0.0671 e. The first-order valence-corrected chi connectivity index (χ1v) is 7.19. The summed E-state index contributed by atoms with van der Waals surface area (Å²) >= 11 is 0. The second-order valence-corrected chi connectivity index (χ2v) is 4.83. The van der Waals surface area contributed by atoms with E-state index in [0.717, 1.165) is 26.1 Å². The highest BCUT2D eigenvalue weighted by Gasteiger charge is 2.01. The van der Waals surface area contributed by atoms with Gasteiger partial charge in [-0.1, -0.05) is 50.1 Å². The lowest BCUT2D eigenvalue weighted by Crippen LogP contribution is -2.28. The van der Waals surface area contributed by atoms with E-state index in [0.29, 0.717) is 6.10 Å². The van der Waals surface area contributed by atoms with Gasteiger partial charge >= 0.3 is 0 Å². The molecular weight excluding hydrogens is 222 g/mol. The summed E-state index contributed by atoms with van der Waals surface area (Å²) in [6.07, 6.45) is 5.17. The molecule has 102 valence electrons. The Hall–Kier alpha value is -0.860. The lowest BCUT2D eigenvalue weighted by Gasteiger charge is -2.14. The number of hydrogen-bond donors (Lipinski definition) is 1. The highest BCUT2D eigenvalue weighted by molar-refractivity contribution is 5.14. The second kappa shape index (κ2) is 10.1. The summed E-state index contributed by atoms with van der Waals surface area (Å²) in [5.41, 5.74) is 1.35. The van der Waals surface area contributed by atoms with Crippen LogP contribution in [0.3, 0.4) is 0 Å². The maximum absolute atomic E-state index is 5.79. The summed E-state index contributed by atoms with van der Waals surface area (Å²) in [4.78, 5) is 0. The van der Waals surface area contributed by atoms with Crippen LogP contribution >= 0.6 is 0 Å². The molecule has 0 bridgehead atoms. The van der Waals surface area contributed by atoms with E-state index in [1.807, 2.05) is 6.07 Å². The van der Waals surface area contributed by atoms with Gasteiger partial charge < -0.3 is 10.1 Å². The Kier molecular flexibility index (Phi) is 8.53. The molecule has 1 rings (SSSR count). The fourth-order valence-electron chi connectivity index (χ4n) is 1.89. The Morgan fingerprint density at radius 1 is 1.17 bits per heavy atom. The Morgan fingerprint density at radius 2 is 1.94 bits per heavy atom. The highest BCUT2D eigenvalue weighted by Crippen LogP contribution is 2.01.